The molecule has 0 spiro atoms. The first kappa shape index (κ1) is 26.3. The Hall–Kier alpha value is -1.95. The molecule has 2 amide bonds. The van der Waals surface area contributed by atoms with E-state index < -0.39 is 11.6 Å². The van der Waals surface area contributed by atoms with Crippen LogP contribution in [0.3, 0.4) is 0 Å². The Morgan fingerprint density at radius 2 is 1.75 bits per heavy atom. The molecule has 2 aromatic carbocycles. The fourth-order valence-electron chi connectivity index (χ4n) is 3.14. The van der Waals surface area contributed by atoms with E-state index in [2.05, 4.69) is 5.32 Å². The first-order valence-electron chi connectivity index (χ1n) is 10.4. The summed E-state index contributed by atoms with van der Waals surface area (Å²) in [5.41, 5.74) is 1.10. The van der Waals surface area contributed by atoms with Crippen molar-refractivity contribution in [3.05, 3.63) is 62.6 Å². The Morgan fingerprint density at radius 3 is 2.31 bits per heavy atom. The first-order chi connectivity index (χ1) is 14.9. The van der Waals surface area contributed by atoms with Crippen LogP contribution in [-0.2, 0) is 16.1 Å². The van der Waals surface area contributed by atoms with Gasteiger partial charge in [-0.2, -0.15) is 0 Å². The number of nitrogens with one attached hydrogen (secondary N) is 1. The fourth-order valence-corrected chi connectivity index (χ4v) is 3.73. The fraction of sp³-hybridized carbons (Fsp3) is 0.417. The van der Waals surface area contributed by atoms with Crippen molar-refractivity contribution in [1.82, 2.24) is 10.2 Å². The number of hydrogen-bond donors (Lipinski definition) is 1. The van der Waals surface area contributed by atoms with E-state index in [1.54, 1.807) is 36.4 Å². The molecule has 0 saturated carbocycles. The maximum atomic E-state index is 13.2. The maximum absolute atomic E-state index is 13.2. The quantitative estimate of drug-likeness (QED) is 0.480. The SMILES string of the molecule is CC[C@@H](C(=O)NC(C)(C)C)N(Cc1ccc(Cl)cc1Cl)C(=O)COc1ccc(Cl)c(C)c1. The number of benzene rings is 2. The third-order valence-corrected chi connectivity index (χ3v) is 5.74. The molecule has 5 nitrogen and oxygen atoms in total. The zero-order chi connectivity index (χ0) is 24.1. The highest BCUT2D eigenvalue weighted by atomic mass is 35.5. The molecule has 0 fully saturated rings. The van der Waals surface area contributed by atoms with Gasteiger partial charge in [0.15, 0.2) is 6.61 Å². The average molecular weight is 500 g/mol. The number of rotatable bonds is 8. The minimum Gasteiger partial charge on any atom is -0.484 e. The van der Waals surface area contributed by atoms with E-state index in [1.165, 1.54) is 4.90 Å². The second-order valence-corrected chi connectivity index (χ2v) is 9.87. The van der Waals surface area contributed by atoms with Gasteiger partial charge < -0.3 is 15.0 Å². The number of nitrogens with zero attached hydrogens (tertiary/aromatic N) is 1. The van der Waals surface area contributed by atoms with E-state index in [4.69, 9.17) is 39.5 Å². The summed E-state index contributed by atoms with van der Waals surface area (Å²) < 4.78 is 5.71. The molecule has 32 heavy (non-hydrogen) atoms. The van der Waals surface area contributed by atoms with Gasteiger partial charge in [0.05, 0.1) is 0 Å². The smallest absolute Gasteiger partial charge is 0.261 e. The average Bonchev–Trinajstić information content (AvgIpc) is 2.68. The Morgan fingerprint density at radius 1 is 1.06 bits per heavy atom. The summed E-state index contributed by atoms with van der Waals surface area (Å²) in [5.74, 6) is -0.0442. The second kappa shape index (κ2) is 11.3. The van der Waals surface area contributed by atoms with Crippen LogP contribution >= 0.6 is 34.8 Å². The Kier molecular flexibility index (Phi) is 9.26. The summed E-state index contributed by atoms with van der Waals surface area (Å²) in [7, 11) is 0. The molecule has 0 bridgehead atoms. The normalized spacial score (nSPS) is 12.2. The Balaban J connectivity index is 2.29. The van der Waals surface area contributed by atoms with Crippen LogP contribution in [0.4, 0.5) is 0 Å². The summed E-state index contributed by atoms with van der Waals surface area (Å²) in [6, 6.07) is 9.56. The lowest BCUT2D eigenvalue weighted by molar-refractivity contribution is -0.143. The van der Waals surface area contributed by atoms with Crippen LogP contribution < -0.4 is 10.1 Å². The molecular weight excluding hydrogens is 471 g/mol. The highest BCUT2D eigenvalue weighted by Crippen LogP contribution is 2.25. The monoisotopic (exact) mass is 498 g/mol. The lowest BCUT2D eigenvalue weighted by Crippen LogP contribution is -2.54. The van der Waals surface area contributed by atoms with Crippen molar-refractivity contribution in [2.75, 3.05) is 6.61 Å². The van der Waals surface area contributed by atoms with Crippen LogP contribution in [0.5, 0.6) is 5.75 Å². The van der Waals surface area contributed by atoms with Crippen molar-refractivity contribution >= 4 is 46.6 Å². The zero-order valence-corrected chi connectivity index (χ0v) is 21.2. The molecule has 1 N–H and O–H groups in total. The van der Waals surface area contributed by atoms with E-state index in [1.807, 2.05) is 34.6 Å². The molecule has 0 aliphatic rings. The third kappa shape index (κ3) is 7.58. The standard InChI is InChI=1S/C24H29Cl3N2O3/c1-6-21(23(31)28-24(3,4)5)29(13-16-7-8-17(25)12-20(16)27)22(30)14-32-18-9-10-19(26)15(2)11-18/h7-12,21H,6,13-14H2,1-5H3,(H,28,31)/t21-/m0/s1. The van der Waals surface area contributed by atoms with Crippen molar-refractivity contribution in [3.8, 4) is 5.75 Å². The highest BCUT2D eigenvalue weighted by Gasteiger charge is 2.31. The predicted molar refractivity (Wildman–Crippen MR) is 131 cm³/mol. The molecule has 0 aliphatic carbocycles. The Labute approximate surface area is 205 Å². The minimum absolute atomic E-state index is 0.147. The van der Waals surface area contributed by atoms with Gasteiger partial charge in [-0.05, 0) is 75.6 Å². The topological polar surface area (TPSA) is 58.6 Å². The highest BCUT2D eigenvalue weighted by molar-refractivity contribution is 6.35. The molecule has 0 unspecified atom stereocenters. The van der Waals surface area contributed by atoms with Gasteiger partial charge in [-0.25, -0.2) is 0 Å². The van der Waals surface area contributed by atoms with Crippen molar-refractivity contribution in [2.45, 2.75) is 59.2 Å². The van der Waals surface area contributed by atoms with Gasteiger partial charge in [0, 0.05) is 27.2 Å². The largest absolute Gasteiger partial charge is 0.484 e. The molecule has 0 radical (unpaired) electrons. The number of carbonyl (C=O) groups excluding carboxylic acids is 2. The molecular formula is C24H29Cl3N2O3. The summed E-state index contributed by atoms with van der Waals surface area (Å²) in [4.78, 5) is 27.8. The van der Waals surface area contributed by atoms with E-state index in [-0.39, 0.29) is 25.0 Å². The molecule has 8 heteroatoms. The Bertz CT molecular complexity index is 973. The van der Waals surface area contributed by atoms with E-state index in [9.17, 15) is 9.59 Å². The van der Waals surface area contributed by atoms with E-state index in [0.29, 0.717) is 32.8 Å². The summed E-state index contributed by atoms with van der Waals surface area (Å²) in [6.45, 7) is 9.32. The predicted octanol–water partition coefficient (Wildman–Crippen LogP) is 6.06. The van der Waals surface area contributed by atoms with Crippen molar-refractivity contribution in [3.63, 3.8) is 0 Å². The second-order valence-electron chi connectivity index (χ2n) is 8.62. The summed E-state index contributed by atoms with van der Waals surface area (Å²) in [6.07, 6.45) is 0.429. The van der Waals surface area contributed by atoms with Crippen LogP contribution in [-0.4, -0.2) is 34.9 Å². The van der Waals surface area contributed by atoms with E-state index >= 15 is 0 Å². The molecule has 174 valence electrons. The van der Waals surface area contributed by atoms with Gasteiger partial charge in [-0.1, -0.05) is 47.8 Å². The summed E-state index contributed by atoms with van der Waals surface area (Å²) >= 11 is 18.4. The molecule has 1 atom stereocenters. The first-order valence-corrected chi connectivity index (χ1v) is 11.5. The van der Waals surface area contributed by atoms with Gasteiger partial charge in [0.2, 0.25) is 5.91 Å². The van der Waals surface area contributed by atoms with Crippen LogP contribution in [0.1, 0.15) is 45.2 Å². The van der Waals surface area contributed by atoms with Gasteiger partial charge in [0.1, 0.15) is 11.8 Å². The van der Waals surface area contributed by atoms with Crippen LogP contribution in [0, 0.1) is 6.92 Å². The van der Waals surface area contributed by atoms with Crippen LogP contribution in [0.25, 0.3) is 0 Å². The van der Waals surface area contributed by atoms with Gasteiger partial charge in [0.25, 0.3) is 5.91 Å². The number of aryl methyl sites for hydroxylation is 1. The summed E-state index contributed by atoms with van der Waals surface area (Å²) in [5, 5.41) is 4.50. The maximum Gasteiger partial charge on any atom is 0.261 e. The van der Waals surface area contributed by atoms with Crippen LogP contribution in [0.2, 0.25) is 15.1 Å². The van der Waals surface area contributed by atoms with Crippen molar-refractivity contribution in [1.29, 1.82) is 0 Å². The van der Waals surface area contributed by atoms with E-state index in [0.717, 1.165) is 5.56 Å². The lowest BCUT2D eigenvalue weighted by atomic mass is 10.1. The molecule has 2 aromatic rings. The molecule has 0 heterocycles. The zero-order valence-electron chi connectivity index (χ0n) is 19.0. The number of ether oxygens (including phenoxy) is 1. The van der Waals surface area contributed by atoms with Gasteiger partial charge >= 0.3 is 0 Å². The number of amides is 2. The third-order valence-electron chi connectivity index (χ3n) is 4.73. The molecule has 0 aromatic heterocycles. The molecule has 2 rings (SSSR count). The van der Waals surface area contributed by atoms with Crippen LogP contribution in [0.15, 0.2) is 36.4 Å². The number of hydrogen-bond acceptors (Lipinski definition) is 3. The van der Waals surface area contributed by atoms with Crippen molar-refractivity contribution < 1.29 is 14.3 Å². The lowest BCUT2D eigenvalue weighted by Gasteiger charge is -2.33. The molecule has 0 aliphatic heterocycles. The number of halogens is 3. The van der Waals surface area contributed by atoms with Crippen molar-refractivity contribution in [2.24, 2.45) is 0 Å². The van der Waals surface area contributed by atoms with Gasteiger partial charge in [-0.15, -0.1) is 0 Å². The molecule has 0 saturated heterocycles. The minimum atomic E-state index is -0.691. The number of carbonyl (C=O) groups is 2. The van der Waals surface area contributed by atoms with Gasteiger partial charge in [-0.3, -0.25) is 9.59 Å².